The number of rotatable bonds is 6. The van der Waals surface area contributed by atoms with Crippen molar-refractivity contribution in [2.45, 2.75) is 20.0 Å². The highest BCUT2D eigenvalue weighted by atomic mass is 35.5. The normalized spacial score (nSPS) is 12.9. The van der Waals surface area contributed by atoms with Crippen molar-refractivity contribution in [2.75, 3.05) is 13.1 Å². The van der Waals surface area contributed by atoms with Gasteiger partial charge in [-0.05, 0) is 32.0 Å². The molecule has 0 aromatic heterocycles. The minimum absolute atomic E-state index is 0.0800. The molecule has 0 aliphatic carbocycles. The minimum atomic E-state index is -0.0800. The van der Waals surface area contributed by atoms with Crippen molar-refractivity contribution < 1.29 is 4.74 Å². The lowest BCUT2D eigenvalue weighted by molar-refractivity contribution is 0.230. The maximum atomic E-state index is 5.88. The minimum Gasteiger partial charge on any atom is -0.489 e. The van der Waals surface area contributed by atoms with E-state index in [2.05, 4.69) is 16.9 Å². The Hall–Kier alpha value is -1.68. The second-order valence-electron chi connectivity index (χ2n) is 4.42. The lowest BCUT2D eigenvalue weighted by atomic mass is 10.3. The molecule has 0 fully saturated rings. The van der Waals surface area contributed by atoms with E-state index in [0.29, 0.717) is 24.1 Å². The van der Waals surface area contributed by atoms with Crippen molar-refractivity contribution >= 4 is 17.6 Å². The summed E-state index contributed by atoms with van der Waals surface area (Å²) in [6.45, 7) is 8.72. The summed E-state index contributed by atoms with van der Waals surface area (Å²) in [5.41, 5.74) is 6.71. The van der Waals surface area contributed by atoms with Crippen LogP contribution in [0.2, 0.25) is 5.02 Å². The summed E-state index contributed by atoms with van der Waals surface area (Å²) in [5.74, 6) is 1.12. The number of benzene rings is 1. The predicted octanol–water partition coefficient (Wildman–Crippen LogP) is 2.59. The Kier molecular flexibility index (Phi) is 6.22. The van der Waals surface area contributed by atoms with E-state index in [0.717, 1.165) is 11.3 Å². The van der Waals surface area contributed by atoms with Gasteiger partial charge in [0.05, 0.1) is 6.54 Å². The Bertz CT molecular complexity index is 460. The van der Waals surface area contributed by atoms with Gasteiger partial charge in [0.1, 0.15) is 11.9 Å². The first-order valence-corrected chi connectivity index (χ1v) is 6.45. The van der Waals surface area contributed by atoms with Gasteiger partial charge in [-0.1, -0.05) is 29.8 Å². The summed E-state index contributed by atoms with van der Waals surface area (Å²) < 4.78 is 5.68. The Morgan fingerprint density at radius 2 is 2.32 bits per heavy atom. The van der Waals surface area contributed by atoms with Gasteiger partial charge in [-0.3, -0.25) is 0 Å². The van der Waals surface area contributed by atoms with E-state index in [1.54, 1.807) is 12.1 Å². The van der Waals surface area contributed by atoms with Crippen LogP contribution in [0.25, 0.3) is 0 Å². The summed E-state index contributed by atoms with van der Waals surface area (Å²) in [7, 11) is 0. The van der Waals surface area contributed by atoms with E-state index in [9.17, 15) is 0 Å². The van der Waals surface area contributed by atoms with Crippen LogP contribution in [-0.2, 0) is 0 Å². The molecule has 0 spiro atoms. The van der Waals surface area contributed by atoms with Crippen LogP contribution in [0.1, 0.15) is 13.8 Å². The quantitative estimate of drug-likeness (QED) is 0.479. The van der Waals surface area contributed by atoms with Gasteiger partial charge in [0.25, 0.3) is 0 Å². The zero-order valence-corrected chi connectivity index (χ0v) is 12.1. The highest BCUT2D eigenvalue weighted by molar-refractivity contribution is 6.30. The average Bonchev–Trinajstić information content (AvgIpc) is 2.34. The van der Waals surface area contributed by atoms with Crippen LogP contribution in [0.4, 0.5) is 0 Å². The molecule has 5 heteroatoms. The number of guanidine groups is 1. The molecule has 104 valence electrons. The molecule has 1 atom stereocenters. The molecule has 1 rings (SSSR count). The summed E-state index contributed by atoms with van der Waals surface area (Å²) in [6.07, 6.45) is -0.0800. The van der Waals surface area contributed by atoms with Crippen LogP contribution < -0.4 is 15.8 Å². The van der Waals surface area contributed by atoms with Crippen molar-refractivity contribution in [2.24, 2.45) is 10.7 Å². The summed E-state index contributed by atoms with van der Waals surface area (Å²) in [5, 5.41) is 3.61. The number of hydrogen-bond acceptors (Lipinski definition) is 2. The molecule has 0 radical (unpaired) electrons. The van der Waals surface area contributed by atoms with Crippen LogP contribution in [0.15, 0.2) is 41.4 Å². The number of hydrogen-bond donors (Lipinski definition) is 2. The van der Waals surface area contributed by atoms with Crippen molar-refractivity contribution in [1.29, 1.82) is 0 Å². The molecule has 1 aromatic carbocycles. The molecule has 0 aliphatic heterocycles. The van der Waals surface area contributed by atoms with Crippen LogP contribution in [-0.4, -0.2) is 25.2 Å². The van der Waals surface area contributed by atoms with Crippen LogP contribution in [0, 0.1) is 0 Å². The van der Waals surface area contributed by atoms with E-state index in [-0.39, 0.29) is 6.10 Å². The van der Waals surface area contributed by atoms with E-state index < -0.39 is 0 Å². The second-order valence-corrected chi connectivity index (χ2v) is 4.86. The largest absolute Gasteiger partial charge is 0.489 e. The molecule has 0 saturated heterocycles. The fourth-order valence-electron chi connectivity index (χ4n) is 1.33. The molecule has 0 aliphatic rings. The first-order valence-electron chi connectivity index (χ1n) is 6.07. The predicted molar refractivity (Wildman–Crippen MR) is 80.8 cm³/mol. The average molecular weight is 282 g/mol. The smallest absolute Gasteiger partial charge is 0.188 e. The van der Waals surface area contributed by atoms with Gasteiger partial charge in [0.15, 0.2) is 5.96 Å². The lowest BCUT2D eigenvalue weighted by Crippen LogP contribution is -2.33. The van der Waals surface area contributed by atoms with Gasteiger partial charge in [0, 0.05) is 11.6 Å². The zero-order valence-electron chi connectivity index (χ0n) is 11.3. The summed E-state index contributed by atoms with van der Waals surface area (Å²) >= 11 is 5.88. The Morgan fingerprint density at radius 3 is 2.95 bits per heavy atom. The Morgan fingerprint density at radius 1 is 1.58 bits per heavy atom. The molecule has 19 heavy (non-hydrogen) atoms. The van der Waals surface area contributed by atoms with Gasteiger partial charge in [-0.2, -0.15) is 0 Å². The van der Waals surface area contributed by atoms with E-state index >= 15 is 0 Å². The molecule has 1 aromatic rings. The zero-order chi connectivity index (χ0) is 14.3. The standard InChI is InChI=1S/C14H20ClN3O/c1-10(2)8-17-14(16)18-9-11(3)19-13-6-4-5-12(15)7-13/h4-7,11H,1,8-9H2,2-3H3,(H3,16,17,18). The third-order valence-corrected chi connectivity index (χ3v) is 2.46. The molecule has 0 heterocycles. The third kappa shape index (κ3) is 6.72. The van der Waals surface area contributed by atoms with Crippen molar-refractivity contribution in [3.63, 3.8) is 0 Å². The maximum absolute atomic E-state index is 5.88. The van der Waals surface area contributed by atoms with Crippen LogP contribution >= 0.6 is 11.6 Å². The summed E-state index contributed by atoms with van der Waals surface area (Å²) in [4.78, 5) is 4.20. The number of halogens is 1. The number of aliphatic imine (C=N–C) groups is 1. The van der Waals surface area contributed by atoms with Gasteiger partial charge in [-0.15, -0.1) is 0 Å². The van der Waals surface area contributed by atoms with Crippen molar-refractivity contribution in [3.05, 3.63) is 41.4 Å². The number of nitrogens with zero attached hydrogens (tertiary/aromatic N) is 1. The fourth-order valence-corrected chi connectivity index (χ4v) is 1.51. The number of nitrogens with one attached hydrogen (secondary N) is 1. The number of ether oxygens (including phenoxy) is 1. The molecule has 4 nitrogen and oxygen atoms in total. The SMILES string of the molecule is C=C(C)CNC(N)=NCC(C)Oc1cccc(Cl)c1. The van der Waals surface area contributed by atoms with Gasteiger partial charge in [-0.25, -0.2) is 4.99 Å². The molecule has 0 amide bonds. The molecule has 0 bridgehead atoms. The van der Waals surface area contributed by atoms with Gasteiger partial charge < -0.3 is 15.8 Å². The highest BCUT2D eigenvalue weighted by Gasteiger charge is 2.04. The van der Waals surface area contributed by atoms with Crippen molar-refractivity contribution in [3.8, 4) is 5.75 Å². The first kappa shape index (κ1) is 15.4. The van der Waals surface area contributed by atoms with Crippen molar-refractivity contribution in [1.82, 2.24) is 5.32 Å². The molecule has 0 saturated carbocycles. The first-order chi connectivity index (χ1) is 8.97. The maximum Gasteiger partial charge on any atom is 0.188 e. The van der Waals surface area contributed by atoms with Gasteiger partial charge in [0.2, 0.25) is 0 Å². The Balaban J connectivity index is 2.40. The number of nitrogens with two attached hydrogens (primary N) is 1. The highest BCUT2D eigenvalue weighted by Crippen LogP contribution is 2.18. The molecular formula is C14H20ClN3O. The van der Waals surface area contributed by atoms with Crippen LogP contribution in [0.3, 0.4) is 0 Å². The molecular weight excluding hydrogens is 262 g/mol. The van der Waals surface area contributed by atoms with Gasteiger partial charge >= 0.3 is 0 Å². The molecule has 3 N–H and O–H groups in total. The Labute approximate surface area is 119 Å². The fraction of sp³-hybridized carbons (Fsp3) is 0.357. The van der Waals surface area contributed by atoms with Crippen LogP contribution in [0.5, 0.6) is 5.75 Å². The van der Waals surface area contributed by atoms with E-state index in [4.69, 9.17) is 22.1 Å². The monoisotopic (exact) mass is 281 g/mol. The summed E-state index contributed by atoms with van der Waals surface area (Å²) in [6, 6.07) is 7.27. The molecule has 1 unspecified atom stereocenters. The second kappa shape index (κ2) is 7.69. The van der Waals surface area contributed by atoms with E-state index in [1.807, 2.05) is 26.0 Å². The lowest BCUT2D eigenvalue weighted by Gasteiger charge is -2.13. The van der Waals surface area contributed by atoms with E-state index in [1.165, 1.54) is 0 Å². The topological polar surface area (TPSA) is 59.6 Å². The third-order valence-electron chi connectivity index (χ3n) is 2.22.